The molecular formula is C26H24O3S. The average molecular weight is 417 g/mol. The summed E-state index contributed by atoms with van der Waals surface area (Å²) in [6.45, 7) is 0. The van der Waals surface area contributed by atoms with E-state index in [1.54, 1.807) is 0 Å². The molecule has 0 bridgehead atoms. The van der Waals surface area contributed by atoms with E-state index in [4.69, 9.17) is 4.18 Å². The average Bonchev–Trinajstić information content (AvgIpc) is 3.28. The Balaban J connectivity index is 1.72. The summed E-state index contributed by atoms with van der Waals surface area (Å²) in [5, 5.41) is 0. The van der Waals surface area contributed by atoms with Crippen LogP contribution in [0.5, 0.6) is 0 Å². The SMILES string of the molecule is CS(=O)(=O)OC1Cc2ccccc2C1(Cc1ccccc1)C1=Cc2ccccc2C1. The molecule has 3 aromatic carbocycles. The molecule has 2 aliphatic carbocycles. The van der Waals surface area contributed by atoms with Crippen LogP contribution in [0.3, 0.4) is 0 Å². The predicted molar refractivity (Wildman–Crippen MR) is 120 cm³/mol. The van der Waals surface area contributed by atoms with Crippen LogP contribution >= 0.6 is 0 Å². The van der Waals surface area contributed by atoms with Crippen molar-refractivity contribution in [2.45, 2.75) is 30.8 Å². The van der Waals surface area contributed by atoms with Crippen molar-refractivity contribution in [1.82, 2.24) is 0 Å². The summed E-state index contributed by atoms with van der Waals surface area (Å²) in [4.78, 5) is 0. The Morgan fingerprint density at radius 3 is 2.30 bits per heavy atom. The second kappa shape index (κ2) is 7.22. The van der Waals surface area contributed by atoms with Gasteiger partial charge in [0.05, 0.1) is 12.4 Å². The molecule has 0 saturated carbocycles. The number of fused-ring (bicyclic) bond motifs is 2. The highest BCUT2D eigenvalue weighted by atomic mass is 32.2. The van der Waals surface area contributed by atoms with Gasteiger partial charge in [0, 0.05) is 11.8 Å². The lowest BCUT2D eigenvalue weighted by Gasteiger charge is -2.38. The van der Waals surface area contributed by atoms with Crippen molar-refractivity contribution >= 4 is 16.2 Å². The first-order chi connectivity index (χ1) is 14.5. The maximum Gasteiger partial charge on any atom is 0.264 e. The summed E-state index contributed by atoms with van der Waals surface area (Å²) < 4.78 is 30.4. The molecule has 2 aliphatic rings. The van der Waals surface area contributed by atoms with Gasteiger partial charge in [-0.3, -0.25) is 4.18 Å². The van der Waals surface area contributed by atoms with E-state index in [1.165, 1.54) is 33.4 Å². The van der Waals surface area contributed by atoms with Crippen LogP contribution in [0.15, 0.2) is 84.4 Å². The van der Waals surface area contributed by atoms with E-state index >= 15 is 0 Å². The zero-order valence-corrected chi connectivity index (χ0v) is 17.7. The van der Waals surface area contributed by atoms with Gasteiger partial charge in [-0.25, -0.2) is 0 Å². The topological polar surface area (TPSA) is 43.4 Å². The molecular weight excluding hydrogens is 392 g/mol. The number of hydrogen-bond acceptors (Lipinski definition) is 3. The lowest BCUT2D eigenvalue weighted by molar-refractivity contribution is 0.148. The third-order valence-corrected chi connectivity index (χ3v) is 6.99. The molecule has 0 aliphatic heterocycles. The van der Waals surface area contributed by atoms with E-state index in [9.17, 15) is 8.42 Å². The van der Waals surface area contributed by atoms with Crippen LogP contribution in [-0.4, -0.2) is 20.8 Å². The quantitative estimate of drug-likeness (QED) is 0.566. The maximum absolute atomic E-state index is 12.3. The van der Waals surface area contributed by atoms with E-state index in [0.717, 1.165) is 12.7 Å². The largest absolute Gasteiger partial charge is 0.265 e. The van der Waals surface area contributed by atoms with E-state index in [1.807, 2.05) is 30.3 Å². The first kappa shape index (κ1) is 19.3. The molecule has 2 unspecified atom stereocenters. The Labute approximate surface area is 178 Å². The Morgan fingerprint density at radius 2 is 1.57 bits per heavy atom. The van der Waals surface area contributed by atoms with Gasteiger partial charge in [0.1, 0.15) is 0 Å². The highest BCUT2D eigenvalue weighted by Gasteiger charge is 2.52. The summed E-state index contributed by atoms with van der Waals surface area (Å²) in [6, 6.07) is 27.0. The highest BCUT2D eigenvalue weighted by molar-refractivity contribution is 7.86. The number of rotatable bonds is 5. The monoisotopic (exact) mass is 416 g/mol. The Bertz CT molecular complexity index is 1230. The van der Waals surface area contributed by atoms with Gasteiger partial charge >= 0.3 is 0 Å². The van der Waals surface area contributed by atoms with Crippen molar-refractivity contribution in [3.63, 3.8) is 0 Å². The molecule has 3 aromatic rings. The second-order valence-corrected chi connectivity index (χ2v) is 9.93. The molecule has 0 amide bonds. The molecule has 0 aromatic heterocycles. The van der Waals surface area contributed by atoms with Crippen molar-refractivity contribution in [3.8, 4) is 0 Å². The molecule has 0 saturated heterocycles. The molecule has 3 nitrogen and oxygen atoms in total. The van der Waals surface area contributed by atoms with Crippen LogP contribution in [0.4, 0.5) is 0 Å². The Kier molecular flexibility index (Phi) is 4.64. The lowest BCUT2D eigenvalue weighted by atomic mass is 9.69. The summed E-state index contributed by atoms with van der Waals surface area (Å²) in [6.07, 6.45) is 5.03. The van der Waals surface area contributed by atoms with Crippen molar-refractivity contribution in [3.05, 3.63) is 112 Å². The third kappa shape index (κ3) is 3.30. The van der Waals surface area contributed by atoms with E-state index in [0.29, 0.717) is 12.8 Å². The zero-order chi connectivity index (χ0) is 20.8. The van der Waals surface area contributed by atoms with Gasteiger partial charge in [-0.2, -0.15) is 8.42 Å². The van der Waals surface area contributed by atoms with Gasteiger partial charge in [-0.1, -0.05) is 90.5 Å². The van der Waals surface area contributed by atoms with Gasteiger partial charge < -0.3 is 0 Å². The molecule has 0 fully saturated rings. The first-order valence-corrected chi connectivity index (χ1v) is 12.1. The summed E-state index contributed by atoms with van der Waals surface area (Å²) in [5.74, 6) is 0. The van der Waals surface area contributed by atoms with Crippen LogP contribution in [0.1, 0.15) is 27.8 Å². The van der Waals surface area contributed by atoms with Gasteiger partial charge in [-0.15, -0.1) is 0 Å². The summed E-state index contributed by atoms with van der Waals surface area (Å²) >= 11 is 0. The molecule has 4 heteroatoms. The van der Waals surface area contributed by atoms with Gasteiger partial charge in [0.2, 0.25) is 0 Å². The highest BCUT2D eigenvalue weighted by Crippen LogP contribution is 2.51. The molecule has 30 heavy (non-hydrogen) atoms. The number of hydrogen-bond donors (Lipinski definition) is 0. The van der Waals surface area contributed by atoms with Crippen molar-refractivity contribution in [2.75, 3.05) is 6.26 Å². The minimum Gasteiger partial charge on any atom is -0.265 e. The summed E-state index contributed by atoms with van der Waals surface area (Å²) in [5.41, 5.74) is 6.71. The van der Waals surface area contributed by atoms with Crippen molar-refractivity contribution in [1.29, 1.82) is 0 Å². The van der Waals surface area contributed by atoms with Gasteiger partial charge in [0.15, 0.2) is 0 Å². The molecule has 0 radical (unpaired) electrons. The Hall–Kier alpha value is -2.69. The smallest absolute Gasteiger partial charge is 0.264 e. The van der Waals surface area contributed by atoms with Crippen LogP contribution < -0.4 is 0 Å². The van der Waals surface area contributed by atoms with Crippen molar-refractivity contribution < 1.29 is 12.6 Å². The van der Waals surface area contributed by atoms with Crippen LogP contribution in [0.2, 0.25) is 0 Å². The normalized spacial score (nSPS) is 22.4. The molecule has 0 N–H and O–H groups in total. The molecule has 0 spiro atoms. The fraction of sp³-hybridized carbons (Fsp3) is 0.231. The second-order valence-electron chi connectivity index (χ2n) is 8.33. The fourth-order valence-corrected chi connectivity index (χ4v) is 5.85. The minimum absolute atomic E-state index is 0.467. The minimum atomic E-state index is -3.61. The standard InChI is InChI=1S/C26H24O3S/c1-30(27,28)29-25-17-22-13-7-8-14-24(22)26(25,18-19-9-3-2-4-10-19)23-15-20-11-5-6-12-21(20)16-23/h2-15,25H,16-18H2,1H3. The van der Waals surface area contributed by atoms with E-state index in [-0.39, 0.29) is 0 Å². The fourth-order valence-electron chi connectivity index (χ4n) is 5.19. The molecule has 152 valence electrons. The Morgan fingerprint density at radius 1 is 0.900 bits per heavy atom. The zero-order valence-electron chi connectivity index (χ0n) is 16.9. The third-order valence-electron chi connectivity index (χ3n) is 6.41. The van der Waals surface area contributed by atoms with Crippen LogP contribution in [0, 0.1) is 0 Å². The van der Waals surface area contributed by atoms with Crippen LogP contribution in [0.25, 0.3) is 6.08 Å². The summed E-state index contributed by atoms with van der Waals surface area (Å²) in [7, 11) is -3.61. The first-order valence-electron chi connectivity index (χ1n) is 10.3. The molecule has 5 rings (SSSR count). The number of benzene rings is 3. The van der Waals surface area contributed by atoms with E-state index in [2.05, 4.69) is 54.6 Å². The van der Waals surface area contributed by atoms with Crippen molar-refractivity contribution in [2.24, 2.45) is 0 Å². The molecule has 0 heterocycles. The maximum atomic E-state index is 12.3. The van der Waals surface area contributed by atoms with E-state index < -0.39 is 21.6 Å². The lowest BCUT2D eigenvalue weighted by Crippen LogP contribution is -2.43. The van der Waals surface area contributed by atoms with Gasteiger partial charge in [0.25, 0.3) is 10.1 Å². The molecule has 2 atom stereocenters. The predicted octanol–water partition coefficient (Wildman–Crippen LogP) is 4.71. The van der Waals surface area contributed by atoms with Crippen LogP contribution in [-0.2, 0) is 39.0 Å². The van der Waals surface area contributed by atoms with Gasteiger partial charge in [-0.05, 0) is 40.7 Å².